The van der Waals surface area contributed by atoms with Gasteiger partial charge in [0.2, 0.25) is 0 Å². The molecular weight excluding hydrogens is 321 g/mol. The summed E-state index contributed by atoms with van der Waals surface area (Å²) in [4.78, 5) is 1.84. The zero-order valence-electron chi connectivity index (χ0n) is 10.7. The molecule has 0 unspecified atom stereocenters. The maximum absolute atomic E-state index is 13.8. The molecule has 0 heterocycles. The number of nitrogens with two attached hydrogens (primary N) is 1. The topological polar surface area (TPSA) is 53.0 Å². The molecular formula is C15H13BrFN3. The number of hydrogen-bond acceptors (Lipinski definition) is 3. The third kappa shape index (κ3) is 3.09. The van der Waals surface area contributed by atoms with E-state index in [-0.39, 0.29) is 5.82 Å². The number of nitriles is 1. The molecule has 0 spiro atoms. The van der Waals surface area contributed by atoms with Crippen molar-refractivity contribution in [3.63, 3.8) is 0 Å². The van der Waals surface area contributed by atoms with Crippen LogP contribution in [0.25, 0.3) is 0 Å². The van der Waals surface area contributed by atoms with E-state index in [1.165, 1.54) is 12.1 Å². The molecule has 5 heteroatoms. The maximum atomic E-state index is 13.8. The second kappa shape index (κ2) is 6.40. The highest BCUT2D eigenvalue weighted by molar-refractivity contribution is 9.10. The smallest absolute Gasteiger partial charge is 0.139 e. The number of anilines is 3. The van der Waals surface area contributed by atoms with Crippen LogP contribution in [0.3, 0.4) is 0 Å². The molecule has 2 N–H and O–H groups in total. The average molecular weight is 334 g/mol. The maximum Gasteiger partial charge on any atom is 0.139 e. The molecule has 0 amide bonds. The second-order valence-electron chi connectivity index (χ2n) is 4.22. The number of halogens is 2. The normalized spacial score (nSPS) is 10.1. The highest BCUT2D eigenvalue weighted by Crippen LogP contribution is 2.34. The summed E-state index contributed by atoms with van der Waals surface area (Å²) in [6.07, 6.45) is 0.325. The third-order valence-corrected chi connectivity index (χ3v) is 3.48. The summed E-state index contributed by atoms with van der Waals surface area (Å²) in [7, 11) is 0. The van der Waals surface area contributed by atoms with E-state index in [4.69, 9.17) is 11.0 Å². The van der Waals surface area contributed by atoms with E-state index < -0.39 is 0 Å². The lowest BCUT2D eigenvalue weighted by Gasteiger charge is -2.25. The molecule has 0 aliphatic heterocycles. The van der Waals surface area contributed by atoms with Crippen molar-refractivity contribution in [3.05, 3.63) is 52.8 Å². The van der Waals surface area contributed by atoms with E-state index in [0.717, 1.165) is 5.69 Å². The van der Waals surface area contributed by atoms with Gasteiger partial charge in [0, 0.05) is 18.3 Å². The number of nitrogen functional groups attached to an aromatic ring is 1. The Balaban J connectivity index is 2.47. The van der Waals surface area contributed by atoms with Crippen molar-refractivity contribution in [1.82, 2.24) is 0 Å². The molecule has 0 saturated carbocycles. The molecule has 0 saturated heterocycles. The first-order valence-electron chi connectivity index (χ1n) is 6.07. The first-order chi connectivity index (χ1) is 9.63. The van der Waals surface area contributed by atoms with Crippen molar-refractivity contribution in [2.24, 2.45) is 0 Å². The predicted molar refractivity (Wildman–Crippen MR) is 82.2 cm³/mol. The fraction of sp³-hybridized carbons (Fsp3) is 0.133. The average Bonchev–Trinajstić information content (AvgIpc) is 2.45. The van der Waals surface area contributed by atoms with Crippen molar-refractivity contribution in [3.8, 4) is 6.07 Å². The van der Waals surface area contributed by atoms with Crippen LogP contribution in [0.15, 0.2) is 46.9 Å². The van der Waals surface area contributed by atoms with Gasteiger partial charge in [-0.3, -0.25) is 0 Å². The molecule has 3 nitrogen and oxygen atoms in total. The first-order valence-corrected chi connectivity index (χ1v) is 6.87. The van der Waals surface area contributed by atoms with E-state index >= 15 is 0 Å². The van der Waals surface area contributed by atoms with Gasteiger partial charge in [0.05, 0.1) is 28.3 Å². The molecule has 0 aliphatic rings. The summed E-state index contributed by atoms with van der Waals surface area (Å²) >= 11 is 3.11. The van der Waals surface area contributed by atoms with Crippen molar-refractivity contribution in [2.75, 3.05) is 17.2 Å². The van der Waals surface area contributed by atoms with Gasteiger partial charge < -0.3 is 10.6 Å². The minimum atomic E-state index is -0.382. The Labute approximate surface area is 125 Å². The quantitative estimate of drug-likeness (QED) is 0.852. The van der Waals surface area contributed by atoms with Gasteiger partial charge in [-0.05, 0) is 34.1 Å². The van der Waals surface area contributed by atoms with Crippen molar-refractivity contribution in [1.29, 1.82) is 5.26 Å². The number of nitrogens with zero attached hydrogens (tertiary/aromatic N) is 2. The van der Waals surface area contributed by atoms with Gasteiger partial charge in [-0.1, -0.05) is 18.2 Å². The predicted octanol–water partition coefficient (Wildman–Crippen LogP) is 4.22. The van der Waals surface area contributed by atoms with Crippen LogP contribution in [0, 0.1) is 17.1 Å². The minimum absolute atomic E-state index is 0.325. The lowest BCUT2D eigenvalue weighted by Crippen LogP contribution is -2.19. The Hall–Kier alpha value is -2.06. The molecule has 2 rings (SSSR count). The Morgan fingerprint density at radius 1 is 1.25 bits per heavy atom. The lowest BCUT2D eigenvalue weighted by atomic mass is 10.2. The lowest BCUT2D eigenvalue weighted by molar-refractivity contribution is 0.621. The Morgan fingerprint density at radius 2 is 1.95 bits per heavy atom. The summed E-state index contributed by atoms with van der Waals surface area (Å²) in [5.74, 6) is -0.382. The van der Waals surface area contributed by atoms with Crippen molar-refractivity contribution in [2.45, 2.75) is 6.42 Å². The van der Waals surface area contributed by atoms with Crippen LogP contribution in [-0.2, 0) is 0 Å². The van der Waals surface area contributed by atoms with Gasteiger partial charge in [0.25, 0.3) is 0 Å². The van der Waals surface area contributed by atoms with E-state index in [0.29, 0.717) is 28.8 Å². The summed E-state index contributed by atoms with van der Waals surface area (Å²) in [5.41, 5.74) is 7.87. The third-order valence-electron chi connectivity index (χ3n) is 2.88. The van der Waals surface area contributed by atoms with E-state index in [1.807, 2.05) is 35.2 Å². The molecule has 0 fully saturated rings. The van der Waals surface area contributed by atoms with Crippen LogP contribution < -0.4 is 10.6 Å². The summed E-state index contributed by atoms with van der Waals surface area (Å²) in [6, 6.07) is 14.5. The SMILES string of the molecule is N#CCCN(c1ccccc1)c1cc(F)c(Br)cc1N. The van der Waals surface area contributed by atoms with Gasteiger partial charge in [-0.2, -0.15) is 5.26 Å². The number of rotatable bonds is 4. The standard InChI is InChI=1S/C15H13BrFN3/c16-12-9-14(19)15(10-13(12)17)20(8-4-7-18)11-5-2-1-3-6-11/h1-3,5-6,9-10H,4,8,19H2. The Morgan fingerprint density at radius 3 is 2.60 bits per heavy atom. The highest BCUT2D eigenvalue weighted by atomic mass is 79.9. The first kappa shape index (κ1) is 14.4. The van der Waals surface area contributed by atoms with Gasteiger partial charge in [-0.15, -0.1) is 0 Å². The van der Waals surface area contributed by atoms with Crippen LogP contribution in [0.1, 0.15) is 6.42 Å². The molecule has 0 radical (unpaired) electrons. The van der Waals surface area contributed by atoms with E-state index in [9.17, 15) is 4.39 Å². The van der Waals surface area contributed by atoms with E-state index in [2.05, 4.69) is 22.0 Å². The van der Waals surface area contributed by atoms with Crippen molar-refractivity contribution < 1.29 is 4.39 Å². The van der Waals surface area contributed by atoms with Crippen LogP contribution in [0.2, 0.25) is 0 Å². The summed E-state index contributed by atoms with van der Waals surface area (Å²) < 4.78 is 14.1. The van der Waals surface area contributed by atoms with Crippen LogP contribution >= 0.6 is 15.9 Å². The van der Waals surface area contributed by atoms with Gasteiger partial charge in [0.15, 0.2) is 0 Å². The summed E-state index contributed by atoms with van der Waals surface area (Å²) in [6.45, 7) is 0.450. The van der Waals surface area contributed by atoms with Crippen LogP contribution in [0.4, 0.5) is 21.5 Å². The fourth-order valence-electron chi connectivity index (χ4n) is 1.94. The summed E-state index contributed by atoms with van der Waals surface area (Å²) in [5, 5.41) is 8.79. The molecule has 2 aromatic carbocycles. The molecule has 0 bridgehead atoms. The molecule has 0 aliphatic carbocycles. The Bertz CT molecular complexity index is 638. The molecule has 0 atom stereocenters. The fourth-order valence-corrected chi connectivity index (χ4v) is 2.30. The minimum Gasteiger partial charge on any atom is -0.397 e. The van der Waals surface area contributed by atoms with Gasteiger partial charge >= 0.3 is 0 Å². The van der Waals surface area contributed by atoms with Crippen molar-refractivity contribution >= 4 is 33.0 Å². The second-order valence-corrected chi connectivity index (χ2v) is 5.07. The molecule has 102 valence electrons. The molecule has 20 heavy (non-hydrogen) atoms. The van der Waals surface area contributed by atoms with Gasteiger partial charge in [-0.25, -0.2) is 4.39 Å². The number of hydrogen-bond donors (Lipinski definition) is 1. The van der Waals surface area contributed by atoms with Crippen LogP contribution in [0.5, 0.6) is 0 Å². The largest absolute Gasteiger partial charge is 0.397 e. The zero-order chi connectivity index (χ0) is 14.5. The van der Waals surface area contributed by atoms with E-state index in [1.54, 1.807) is 0 Å². The molecule has 0 aromatic heterocycles. The number of para-hydroxylation sites is 1. The van der Waals surface area contributed by atoms with Gasteiger partial charge in [0.1, 0.15) is 5.82 Å². The molecule has 2 aromatic rings. The highest BCUT2D eigenvalue weighted by Gasteiger charge is 2.14. The zero-order valence-corrected chi connectivity index (χ0v) is 12.3. The Kier molecular flexibility index (Phi) is 4.59. The monoisotopic (exact) mass is 333 g/mol. The van der Waals surface area contributed by atoms with Crippen LogP contribution in [-0.4, -0.2) is 6.54 Å². The number of benzene rings is 2.